The van der Waals surface area contributed by atoms with Crippen molar-refractivity contribution in [3.63, 3.8) is 0 Å². The van der Waals surface area contributed by atoms with Gasteiger partial charge in [0.05, 0.1) is 0 Å². The molecule has 0 amide bonds. The molecular formula is C13H26IN5. The third-order valence-electron chi connectivity index (χ3n) is 3.02. The standard InChI is InChI=1S/C13H25N5.HI/c1-4-11(2)17-13(14)16-7-5-6-9-18-10-8-15-12(18)3;/h8,10-11H,4-7,9H2,1-3H3,(H3,14,16,17);1H. The van der Waals surface area contributed by atoms with Crippen LogP contribution in [0.25, 0.3) is 0 Å². The number of halogens is 1. The molecule has 1 rings (SSSR count). The summed E-state index contributed by atoms with van der Waals surface area (Å²) in [7, 11) is 0. The van der Waals surface area contributed by atoms with Crippen molar-refractivity contribution in [1.29, 1.82) is 0 Å². The number of imidazole rings is 1. The highest BCUT2D eigenvalue weighted by Gasteiger charge is 1.99. The van der Waals surface area contributed by atoms with Gasteiger partial charge in [-0.25, -0.2) is 4.98 Å². The Balaban J connectivity index is 0.00000324. The highest BCUT2D eigenvalue weighted by molar-refractivity contribution is 14.0. The van der Waals surface area contributed by atoms with Gasteiger partial charge in [0.15, 0.2) is 5.96 Å². The van der Waals surface area contributed by atoms with Gasteiger partial charge in [0.1, 0.15) is 5.82 Å². The van der Waals surface area contributed by atoms with Crippen LogP contribution in [0.4, 0.5) is 0 Å². The second-order valence-electron chi connectivity index (χ2n) is 4.60. The van der Waals surface area contributed by atoms with Crippen molar-refractivity contribution in [3.8, 4) is 0 Å². The molecule has 1 aromatic heterocycles. The van der Waals surface area contributed by atoms with E-state index in [1.165, 1.54) is 0 Å². The van der Waals surface area contributed by atoms with Crippen LogP contribution in [0.15, 0.2) is 17.4 Å². The maximum Gasteiger partial charge on any atom is 0.188 e. The van der Waals surface area contributed by atoms with Gasteiger partial charge in [0.25, 0.3) is 0 Å². The second kappa shape index (κ2) is 10.1. The van der Waals surface area contributed by atoms with Crippen LogP contribution in [0.1, 0.15) is 38.9 Å². The van der Waals surface area contributed by atoms with E-state index >= 15 is 0 Å². The Morgan fingerprint density at radius 2 is 2.26 bits per heavy atom. The number of aliphatic imine (C=N–C) groups is 1. The van der Waals surface area contributed by atoms with Gasteiger partial charge in [-0.1, -0.05) is 6.92 Å². The molecule has 0 radical (unpaired) electrons. The van der Waals surface area contributed by atoms with E-state index in [-0.39, 0.29) is 24.0 Å². The first-order valence-corrected chi connectivity index (χ1v) is 6.67. The van der Waals surface area contributed by atoms with Crippen LogP contribution in [0, 0.1) is 6.92 Å². The summed E-state index contributed by atoms with van der Waals surface area (Å²) in [5.74, 6) is 1.62. The van der Waals surface area contributed by atoms with E-state index < -0.39 is 0 Å². The minimum atomic E-state index is 0. The number of aryl methyl sites for hydroxylation is 2. The molecule has 0 aliphatic rings. The second-order valence-corrected chi connectivity index (χ2v) is 4.60. The quantitative estimate of drug-likeness (QED) is 0.331. The maximum absolute atomic E-state index is 5.77. The number of unbranched alkanes of at least 4 members (excludes halogenated alkanes) is 1. The smallest absolute Gasteiger partial charge is 0.188 e. The summed E-state index contributed by atoms with van der Waals surface area (Å²) in [6.07, 6.45) is 7.03. The fraction of sp³-hybridized carbons (Fsp3) is 0.692. The van der Waals surface area contributed by atoms with Crippen molar-refractivity contribution in [2.75, 3.05) is 6.54 Å². The minimum Gasteiger partial charge on any atom is -0.370 e. The Morgan fingerprint density at radius 3 is 2.84 bits per heavy atom. The van der Waals surface area contributed by atoms with Gasteiger partial charge in [-0.05, 0) is 33.1 Å². The normalized spacial score (nSPS) is 12.9. The Kier molecular flexibility index (Phi) is 9.63. The highest BCUT2D eigenvalue weighted by Crippen LogP contribution is 1.99. The number of nitrogens with two attached hydrogens (primary N) is 1. The molecule has 1 atom stereocenters. The van der Waals surface area contributed by atoms with Gasteiger partial charge in [0.2, 0.25) is 0 Å². The molecule has 19 heavy (non-hydrogen) atoms. The molecular weight excluding hydrogens is 353 g/mol. The summed E-state index contributed by atoms with van der Waals surface area (Å²) in [5.41, 5.74) is 5.77. The lowest BCUT2D eigenvalue weighted by Gasteiger charge is -2.11. The molecule has 0 aromatic carbocycles. The number of guanidine groups is 1. The number of aromatic nitrogens is 2. The first-order chi connectivity index (χ1) is 8.63. The SMILES string of the molecule is CCC(C)NC(N)=NCCCCn1ccnc1C.I. The molecule has 0 spiro atoms. The van der Waals surface area contributed by atoms with Crippen LogP contribution in [0.2, 0.25) is 0 Å². The van der Waals surface area contributed by atoms with Crippen molar-refractivity contribution in [1.82, 2.24) is 14.9 Å². The average molecular weight is 379 g/mol. The molecule has 0 aliphatic heterocycles. The molecule has 0 aliphatic carbocycles. The van der Waals surface area contributed by atoms with Gasteiger partial charge in [-0.2, -0.15) is 0 Å². The molecule has 0 saturated heterocycles. The number of nitrogens with zero attached hydrogens (tertiary/aromatic N) is 3. The fourth-order valence-corrected chi connectivity index (χ4v) is 1.63. The van der Waals surface area contributed by atoms with E-state index in [0.29, 0.717) is 12.0 Å². The van der Waals surface area contributed by atoms with Crippen LogP contribution < -0.4 is 11.1 Å². The zero-order chi connectivity index (χ0) is 13.4. The van der Waals surface area contributed by atoms with E-state index in [0.717, 1.165) is 38.2 Å². The minimum absolute atomic E-state index is 0. The van der Waals surface area contributed by atoms with Gasteiger partial charge in [0, 0.05) is 31.5 Å². The molecule has 0 fully saturated rings. The molecule has 1 heterocycles. The topological polar surface area (TPSA) is 68.2 Å². The van der Waals surface area contributed by atoms with Crippen molar-refractivity contribution in [3.05, 3.63) is 18.2 Å². The van der Waals surface area contributed by atoms with Crippen molar-refractivity contribution in [2.45, 2.75) is 52.6 Å². The highest BCUT2D eigenvalue weighted by atomic mass is 127. The maximum atomic E-state index is 5.77. The van der Waals surface area contributed by atoms with Crippen molar-refractivity contribution < 1.29 is 0 Å². The van der Waals surface area contributed by atoms with Crippen LogP contribution >= 0.6 is 24.0 Å². The Labute approximate surface area is 133 Å². The Morgan fingerprint density at radius 1 is 1.53 bits per heavy atom. The number of rotatable bonds is 7. The van der Waals surface area contributed by atoms with E-state index in [1.54, 1.807) is 0 Å². The lowest BCUT2D eigenvalue weighted by Crippen LogP contribution is -2.38. The predicted octanol–water partition coefficient (Wildman–Crippen LogP) is 2.29. The molecule has 5 nitrogen and oxygen atoms in total. The zero-order valence-corrected chi connectivity index (χ0v) is 14.4. The summed E-state index contributed by atoms with van der Waals surface area (Å²) in [6, 6.07) is 0.391. The van der Waals surface area contributed by atoms with Crippen molar-refractivity contribution in [2.24, 2.45) is 10.7 Å². The molecule has 0 saturated carbocycles. The molecule has 110 valence electrons. The molecule has 0 bridgehead atoms. The van der Waals surface area contributed by atoms with Gasteiger partial charge in [-0.3, -0.25) is 4.99 Å². The summed E-state index contributed by atoms with van der Waals surface area (Å²) in [5, 5.41) is 3.16. The van der Waals surface area contributed by atoms with E-state index in [4.69, 9.17) is 5.73 Å². The summed E-state index contributed by atoms with van der Waals surface area (Å²) in [6.45, 7) is 8.03. The molecule has 1 aromatic rings. The van der Waals surface area contributed by atoms with Gasteiger partial charge >= 0.3 is 0 Å². The number of hydrogen-bond acceptors (Lipinski definition) is 2. The van der Waals surface area contributed by atoms with Crippen molar-refractivity contribution >= 4 is 29.9 Å². The van der Waals surface area contributed by atoms with Crippen LogP contribution in [0.5, 0.6) is 0 Å². The van der Waals surface area contributed by atoms with Gasteiger partial charge < -0.3 is 15.6 Å². The van der Waals surface area contributed by atoms with Crippen LogP contribution in [-0.4, -0.2) is 28.1 Å². The van der Waals surface area contributed by atoms with Gasteiger partial charge in [-0.15, -0.1) is 24.0 Å². The van der Waals surface area contributed by atoms with E-state index in [2.05, 4.69) is 33.7 Å². The summed E-state index contributed by atoms with van der Waals surface area (Å²) < 4.78 is 2.16. The third-order valence-corrected chi connectivity index (χ3v) is 3.02. The fourth-order valence-electron chi connectivity index (χ4n) is 1.63. The predicted molar refractivity (Wildman–Crippen MR) is 91.0 cm³/mol. The monoisotopic (exact) mass is 379 g/mol. The van der Waals surface area contributed by atoms with E-state index in [9.17, 15) is 0 Å². The number of nitrogens with one attached hydrogen (secondary N) is 1. The first-order valence-electron chi connectivity index (χ1n) is 6.67. The summed E-state index contributed by atoms with van der Waals surface area (Å²) in [4.78, 5) is 8.50. The zero-order valence-electron chi connectivity index (χ0n) is 12.1. The first kappa shape index (κ1) is 18.2. The van der Waals surface area contributed by atoms with Crippen LogP contribution in [-0.2, 0) is 6.54 Å². The molecule has 6 heteroatoms. The molecule has 1 unspecified atom stereocenters. The lowest BCUT2D eigenvalue weighted by atomic mass is 10.3. The number of hydrogen-bond donors (Lipinski definition) is 2. The third kappa shape index (κ3) is 7.39. The van der Waals surface area contributed by atoms with E-state index in [1.807, 2.05) is 19.3 Å². The lowest BCUT2D eigenvalue weighted by molar-refractivity contribution is 0.598. The Hall–Kier alpha value is -0.790. The molecule has 3 N–H and O–H groups in total. The van der Waals surface area contributed by atoms with Crippen LogP contribution in [0.3, 0.4) is 0 Å². The Bertz CT molecular complexity index is 375. The largest absolute Gasteiger partial charge is 0.370 e. The summed E-state index contributed by atoms with van der Waals surface area (Å²) >= 11 is 0. The average Bonchev–Trinajstić information content (AvgIpc) is 2.74.